The van der Waals surface area contributed by atoms with Crippen LogP contribution in [0.3, 0.4) is 0 Å². The van der Waals surface area contributed by atoms with Crippen LogP contribution in [-0.2, 0) is 9.59 Å². The van der Waals surface area contributed by atoms with Crippen molar-refractivity contribution >= 4 is 12.0 Å². The van der Waals surface area contributed by atoms with Crippen molar-refractivity contribution in [3.8, 4) is 5.75 Å². The number of rotatable bonds is 3. The van der Waals surface area contributed by atoms with Crippen molar-refractivity contribution in [2.24, 2.45) is 4.99 Å². The molecule has 0 aliphatic carbocycles. The summed E-state index contributed by atoms with van der Waals surface area (Å²) in [5.41, 5.74) is 0. The van der Waals surface area contributed by atoms with Crippen molar-refractivity contribution in [2.45, 2.75) is 0 Å². The van der Waals surface area contributed by atoms with Gasteiger partial charge in [-0.1, -0.05) is 0 Å². The van der Waals surface area contributed by atoms with Gasteiger partial charge in [0.05, 0.1) is 0 Å². The van der Waals surface area contributed by atoms with Crippen LogP contribution < -0.4 is 4.74 Å². The molecular weight excluding hydrogens is 208 g/mol. The van der Waals surface area contributed by atoms with Crippen LogP contribution in [0.1, 0.15) is 0 Å². The van der Waals surface area contributed by atoms with Crippen molar-refractivity contribution in [2.75, 3.05) is 6.61 Å². The van der Waals surface area contributed by atoms with Gasteiger partial charge in [-0.15, -0.1) is 4.99 Å². The molecule has 0 heterocycles. The molecule has 0 spiro atoms. The van der Waals surface area contributed by atoms with E-state index in [1.165, 1.54) is 0 Å². The molecule has 1 rings (SSSR count). The smallest absolute Gasteiger partial charge is 0.294 e. The van der Waals surface area contributed by atoms with E-state index in [1.54, 1.807) is 0 Å². The maximum Gasteiger partial charge on any atom is 0.294 e. The summed E-state index contributed by atoms with van der Waals surface area (Å²) >= 11 is 0. The standard InChI is InChI=1S/C9H5F2NO3/c10-6-1-2-8(7(11)3-6)15-4-9(14)12-5-13/h1-3H,4H2. The van der Waals surface area contributed by atoms with E-state index in [4.69, 9.17) is 0 Å². The number of hydrogen-bond acceptors (Lipinski definition) is 3. The third-order valence-electron chi connectivity index (χ3n) is 1.42. The fraction of sp³-hybridized carbons (Fsp3) is 0.111. The van der Waals surface area contributed by atoms with Gasteiger partial charge in [0.1, 0.15) is 5.82 Å². The number of benzene rings is 1. The Morgan fingerprint density at radius 3 is 2.80 bits per heavy atom. The number of carbonyl (C=O) groups excluding carboxylic acids is 2. The minimum Gasteiger partial charge on any atom is -0.481 e. The Morgan fingerprint density at radius 1 is 1.47 bits per heavy atom. The second-order valence-corrected chi connectivity index (χ2v) is 2.46. The van der Waals surface area contributed by atoms with Gasteiger partial charge in [-0.2, -0.15) is 0 Å². The van der Waals surface area contributed by atoms with Gasteiger partial charge in [0.15, 0.2) is 18.2 Å². The molecule has 0 saturated heterocycles. The van der Waals surface area contributed by atoms with Crippen molar-refractivity contribution in [1.29, 1.82) is 0 Å². The predicted molar refractivity (Wildman–Crippen MR) is 45.0 cm³/mol. The fourth-order valence-corrected chi connectivity index (χ4v) is 0.815. The summed E-state index contributed by atoms with van der Waals surface area (Å²) in [4.78, 5) is 23.0. The Bertz CT molecular complexity index is 427. The number of hydrogen-bond donors (Lipinski definition) is 0. The SMILES string of the molecule is O=C=NC(=O)COc1ccc(F)cc1F. The highest BCUT2D eigenvalue weighted by molar-refractivity contribution is 5.82. The Kier molecular flexibility index (Phi) is 3.65. The van der Waals surface area contributed by atoms with E-state index in [0.29, 0.717) is 6.07 Å². The lowest BCUT2D eigenvalue weighted by Crippen LogP contribution is -2.09. The van der Waals surface area contributed by atoms with Gasteiger partial charge in [-0.25, -0.2) is 13.6 Å². The van der Waals surface area contributed by atoms with Gasteiger partial charge >= 0.3 is 0 Å². The average molecular weight is 213 g/mol. The van der Waals surface area contributed by atoms with Crippen LogP contribution in [0.2, 0.25) is 0 Å². The van der Waals surface area contributed by atoms with Gasteiger partial charge in [0, 0.05) is 6.07 Å². The Hall–Kier alpha value is -2.07. The highest BCUT2D eigenvalue weighted by Crippen LogP contribution is 2.17. The molecule has 0 saturated carbocycles. The first-order valence-electron chi connectivity index (χ1n) is 3.82. The van der Waals surface area contributed by atoms with Crippen molar-refractivity contribution < 1.29 is 23.1 Å². The van der Waals surface area contributed by atoms with Gasteiger partial charge < -0.3 is 4.74 Å². The van der Waals surface area contributed by atoms with E-state index >= 15 is 0 Å². The van der Waals surface area contributed by atoms with Crippen LogP contribution in [0.5, 0.6) is 5.75 Å². The molecule has 78 valence electrons. The zero-order valence-corrected chi connectivity index (χ0v) is 7.37. The first kappa shape index (κ1) is 11.0. The Labute approximate surface area is 83.2 Å². The fourth-order valence-electron chi connectivity index (χ4n) is 0.815. The lowest BCUT2D eigenvalue weighted by Gasteiger charge is -2.03. The molecule has 1 aromatic rings. The van der Waals surface area contributed by atoms with Crippen LogP contribution in [-0.4, -0.2) is 18.6 Å². The quantitative estimate of drug-likeness (QED) is 0.560. The Balaban J connectivity index is 2.65. The second kappa shape index (κ2) is 4.97. The first-order chi connectivity index (χ1) is 7.13. The van der Waals surface area contributed by atoms with Crippen molar-refractivity contribution in [1.82, 2.24) is 0 Å². The number of aliphatic imine (C=N–C) groups is 1. The number of nitrogens with zero attached hydrogens (tertiary/aromatic N) is 1. The lowest BCUT2D eigenvalue weighted by molar-refractivity contribution is -0.119. The largest absolute Gasteiger partial charge is 0.481 e. The topological polar surface area (TPSA) is 55.7 Å². The number of amides is 1. The average Bonchev–Trinajstić information content (AvgIpc) is 2.17. The van der Waals surface area contributed by atoms with Gasteiger partial charge in [0.25, 0.3) is 5.91 Å². The number of ether oxygens (including phenoxy) is 1. The maximum atomic E-state index is 12.9. The molecular formula is C9H5F2NO3. The molecule has 1 aromatic carbocycles. The summed E-state index contributed by atoms with van der Waals surface area (Å²) in [5, 5.41) is 0. The molecule has 0 fully saturated rings. The maximum absolute atomic E-state index is 12.9. The molecule has 4 nitrogen and oxygen atoms in total. The minimum absolute atomic E-state index is 0.286. The zero-order chi connectivity index (χ0) is 11.3. The van der Waals surface area contributed by atoms with E-state index in [0.717, 1.165) is 18.2 Å². The highest BCUT2D eigenvalue weighted by Gasteiger charge is 2.06. The Morgan fingerprint density at radius 2 is 2.20 bits per heavy atom. The molecule has 1 amide bonds. The van der Waals surface area contributed by atoms with Gasteiger partial charge in [-0.05, 0) is 12.1 Å². The molecule has 0 radical (unpaired) electrons. The van der Waals surface area contributed by atoms with Crippen LogP contribution in [0.4, 0.5) is 8.78 Å². The molecule has 0 aliphatic rings. The van der Waals surface area contributed by atoms with Crippen molar-refractivity contribution in [3.05, 3.63) is 29.8 Å². The highest BCUT2D eigenvalue weighted by atomic mass is 19.1. The normalized spacial score (nSPS) is 9.20. The molecule has 0 atom stereocenters. The molecule has 0 N–H and O–H groups in total. The lowest BCUT2D eigenvalue weighted by atomic mass is 10.3. The second-order valence-electron chi connectivity index (χ2n) is 2.46. The van der Waals surface area contributed by atoms with E-state index in [2.05, 4.69) is 9.73 Å². The summed E-state index contributed by atoms with van der Waals surface area (Å²) in [6, 6.07) is 2.62. The van der Waals surface area contributed by atoms with E-state index in [1.807, 2.05) is 0 Å². The van der Waals surface area contributed by atoms with Crippen molar-refractivity contribution in [3.63, 3.8) is 0 Å². The zero-order valence-electron chi connectivity index (χ0n) is 7.37. The van der Waals surface area contributed by atoms with Gasteiger partial charge in [-0.3, -0.25) is 4.79 Å². The summed E-state index contributed by atoms with van der Waals surface area (Å²) in [6.07, 6.45) is 1.02. The number of carbonyl (C=O) groups is 1. The van der Waals surface area contributed by atoms with Gasteiger partial charge in [0.2, 0.25) is 6.08 Å². The number of halogens is 2. The van der Waals surface area contributed by atoms with E-state index in [-0.39, 0.29) is 5.75 Å². The summed E-state index contributed by atoms with van der Waals surface area (Å²) in [6.45, 7) is -0.599. The first-order valence-corrected chi connectivity index (χ1v) is 3.82. The summed E-state index contributed by atoms with van der Waals surface area (Å²) in [5.74, 6) is -2.87. The third kappa shape index (κ3) is 3.28. The number of isocyanates is 1. The van der Waals surface area contributed by atoms with Crippen LogP contribution in [0, 0.1) is 11.6 Å². The van der Waals surface area contributed by atoms with E-state index < -0.39 is 24.1 Å². The molecule has 0 aromatic heterocycles. The summed E-state index contributed by atoms with van der Waals surface area (Å²) < 4.78 is 30.0. The summed E-state index contributed by atoms with van der Waals surface area (Å²) in [7, 11) is 0. The van der Waals surface area contributed by atoms with E-state index in [9.17, 15) is 18.4 Å². The van der Waals surface area contributed by atoms with Crippen LogP contribution >= 0.6 is 0 Å². The molecule has 6 heteroatoms. The molecule has 0 aliphatic heterocycles. The molecule has 0 unspecified atom stereocenters. The van der Waals surface area contributed by atoms with Crippen LogP contribution in [0.25, 0.3) is 0 Å². The predicted octanol–water partition coefficient (Wildman–Crippen LogP) is 1.21. The minimum atomic E-state index is -0.933. The molecule has 0 bridgehead atoms. The molecule has 15 heavy (non-hydrogen) atoms. The van der Waals surface area contributed by atoms with Crippen LogP contribution in [0.15, 0.2) is 23.2 Å². The monoisotopic (exact) mass is 213 g/mol. The third-order valence-corrected chi connectivity index (χ3v) is 1.42.